The molecule has 1 aromatic carbocycles. The molecule has 0 aliphatic rings. The van der Waals surface area contributed by atoms with Gasteiger partial charge in [-0.05, 0) is 66.1 Å². The van der Waals surface area contributed by atoms with Crippen LogP contribution in [0.4, 0.5) is 5.69 Å². The molecule has 0 saturated carbocycles. The summed E-state index contributed by atoms with van der Waals surface area (Å²) in [5, 5.41) is 0. The van der Waals surface area contributed by atoms with Gasteiger partial charge in [-0.3, -0.25) is 29.0 Å². The Morgan fingerprint density at radius 3 is 1.36 bits per heavy atom. The van der Waals surface area contributed by atoms with Crippen LogP contribution in [0, 0.1) is 6.92 Å². The van der Waals surface area contributed by atoms with Gasteiger partial charge in [-0.25, -0.2) is 15.0 Å². The van der Waals surface area contributed by atoms with Gasteiger partial charge in [0.1, 0.15) is 0 Å². The number of carbonyl (C=O) groups is 4. The predicted molar refractivity (Wildman–Crippen MR) is 184 cm³/mol. The number of pyridine rings is 3. The van der Waals surface area contributed by atoms with Gasteiger partial charge in [-0.1, -0.05) is 24.3 Å². The number of methoxy groups -OCH3 is 4. The standard InChI is InChI=1S/C36H40N6O8/c1-23-12-13-24(14-28(23)37)25-15-31(29-10-6-8-26(38-29)17-41(19-33(43)47-2)20-34(44)48-3)40-32(16-25)30-11-7-9-27(39-30)18-42(21-35(45)49-4)22-36(46)50-5/h6-16H,17-22,37H2,1-5H3. The molecule has 0 atom stereocenters. The second kappa shape index (κ2) is 17.6. The molecule has 14 heteroatoms. The average molecular weight is 685 g/mol. The number of carbonyl (C=O) groups excluding carboxylic acids is 4. The maximum Gasteiger partial charge on any atom is 0.319 e. The highest BCUT2D eigenvalue weighted by molar-refractivity contribution is 5.78. The smallest absolute Gasteiger partial charge is 0.319 e. The Hall–Kier alpha value is -5.73. The summed E-state index contributed by atoms with van der Waals surface area (Å²) in [7, 11) is 5.11. The van der Waals surface area contributed by atoms with Crippen LogP contribution in [-0.2, 0) is 51.2 Å². The van der Waals surface area contributed by atoms with Crippen molar-refractivity contribution in [2.75, 3.05) is 60.4 Å². The van der Waals surface area contributed by atoms with Crippen molar-refractivity contribution in [1.29, 1.82) is 0 Å². The molecule has 0 fully saturated rings. The molecule has 0 spiro atoms. The Bertz CT molecular complexity index is 1710. The number of aryl methyl sites for hydroxylation is 1. The highest BCUT2D eigenvalue weighted by Crippen LogP contribution is 2.31. The summed E-state index contributed by atoms with van der Waals surface area (Å²) in [4.78, 5) is 66.0. The van der Waals surface area contributed by atoms with E-state index >= 15 is 0 Å². The van der Waals surface area contributed by atoms with Crippen molar-refractivity contribution in [3.63, 3.8) is 0 Å². The number of rotatable bonds is 15. The van der Waals surface area contributed by atoms with Crippen LogP contribution in [0.1, 0.15) is 17.0 Å². The van der Waals surface area contributed by atoms with Gasteiger partial charge in [-0.15, -0.1) is 0 Å². The monoisotopic (exact) mass is 684 g/mol. The Balaban J connectivity index is 1.76. The van der Waals surface area contributed by atoms with E-state index in [1.807, 2.05) is 61.5 Å². The lowest BCUT2D eigenvalue weighted by molar-refractivity contribution is -0.147. The minimum absolute atomic E-state index is 0.136. The van der Waals surface area contributed by atoms with E-state index < -0.39 is 23.9 Å². The summed E-state index contributed by atoms with van der Waals surface area (Å²) >= 11 is 0. The Morgan fingerprint density at radius 2 is 0.980 bits per heavy atom. The second-order valence-electron chi connectivity index (χ2n) is 11.3. The molecule has 262 valence electrons. The van der Waals surface area contributed by atoms with Crippen LogP contribution >= 0.6 is 0 Å². The summed E-state index contributed by atoms with van der Waals surface area (Å²) in [6.07, 6.45) is 0. The molecular formula is C36H40N6O8. The molecule has 0 radical (unpaired) electrons. The lowest BCUT2D eigenvalue weighted by Gasteiger charge is -2.20. The summed E-state index contributed by atoms with van der Waals surface area (Å²) in [5.74, 6) is -2.02. The fourth-order valence-corrected chi connectivity index (χ4v) is 4.98. The molecule has 0 saturated heterocycles. The number of benzene rings is 1. The summed E-state index contributed by atoms with van der Waals surface area (Å²) in [6, 6.07) is 20.4. The van der Waals surface area contributed by atoms with Gasteiger partial charge >= 0.3 is 23.9 Å². The molecule has 0 unspecified atom stereocenters. The highest BCUT2D eigenvalue weighted by atomic mass is 16.5. The van der Waals surface area contributed by atoms with Gasteiger partial charge in [0.2, 0.25) is 0 Å². The Labute approximate surface area is 290 Å². The molecule has 0 aliphatic heterocycles. The fraction of sp³-hybridized carbons (Fsp3) is 0.306. The van der Waals surface area contributed by atoms with Gasteiger partial charge in [-0.2, -0.15) is 0 Å². The van der Waals surface area contributed by atoms with Crippen LogP contribution in [0.3, 0.4) is 0 Å². The summed E-state index contributed by atoms with van der Waals surface area (Å²) < 4.78 is 19.2. The Kier molecular flexibility index (Phi) is 13.1. The third kappa shape index (κ3) is 10.4. The van der Waals surface area contributed by atoms with Crippen LogP contribution in [0.2, 0.25) is 0 Å². The van der Waals surface area contributed by atoms with Crippen LogP contribution in [0.5, 0.6) is 0 Å². The van der Waals surface area contributed by atoms with Gasteiger partial charge in [0.25, 0.3) is 0 Å². The zero-order chi connectivity index (χ0) is 36.2. The molecule has 4 aromatic rings. The lowest BCUT2D eigenvalue weighted by Crippen LogP contribution is -2.35. The summed E-state index contributed by atoms with van der Waals surface area (Å²) in [5.41, 5.74) is 12.9. The molecule has 14 nitrogen and oxygen atoms in total. The first-order chi connectivity index (χ1) is 24.0. The number of hydrogen-bond donors (Lipinski definition) is 1. The fourth-order valence-electron chi connectivity index (χ4n) is 4.98. The second-order valence-corrected chi connectivity index (χ2v) is 11.3. The first kappa shape index (κ1) is 37.1. The minimum Gasteiger partial charge on any atom is -0.468 e. The number of anilines is 1. The number of ether oxygens (including phenoxy) is 4. The SMILES string of the molecule is COC(=O)CN(CC(=O)OC)Cc1cccc(-c2cc(-c3ccc(C)c(N)c3)cc(-c3cccc(CN(CC(=O)OC)CC(=O)OC)n3)n2)n1. The van der Waals surface area contributed by atoms with E-state index in [4.69, 9.17) is 39.6 Å². The molecule has 0 bridgehead atoms. The number of hydrogen-bond acceptors (Lipinski definition) is 14. The highest BCUT2D eigenvalue weighted by Gasteiger charge is 2.19. The molecule has 3 aromatic heterocycles. The predicted octanol–water partition coefficient (Wildman–Crippen LogP) is 3.06. The molecular weight excluding hydrogens is 644 g/mol. The van der Waals surface area contributed by atoms with Gasteiger partial charge in [0.15, 0.2) is 0 Å². The van der Waals surface area contributed by atoms with Crippen LogP contribution < -0.4 is 5.73 Å². The van der Waals surface area contributed by atoms with Gasteiger partial charge in [0, 0.05) is 18.8 Å². The van der Waals surface area contributed by atoms with Crippen molar-refractivity contribution >= 4 is 29.6 Å². The van der Waals surface area contributed by atoms with E-state index in [0.29, 0.717) is 39.9 Å². The zero-order valence-electron chi connectivity index (χ0n) is 28.7. The first-order valence-electron chi connectivity index (χ1n) is 15.5. The minimum atomic E-state index is -0.505. The maximum atomic E-state index is 12.1. The quantitative estimate of drug-likeness (QED) is 0.110. The van der Waals surface area contributed by atoms with Crippen molar-refractivity contribution in [2.45, 2.75) is 20.0 Å². The maximum absolute atomic E-state index is 12.1. The third-order valence-corrected chi connectivity index (χ3v) is 7.67. The van der Waals surface area contributed by atoms with Crippen molar-refractivity contribution in [3.05, 3.63) is 83.7 Å². The van der Waals surface area contributed by atoms with Gasteiger partial charge in [0.05, 0.1) is 88.8 Å². The van der Waals surface area contributed by atoms with Crippen molar-refractivity contribution in [1.82, 2.24) is 24.8 Å². The van der Waals surface area contributed by atoms with E-state index in [9.17, 15) is 19.2 Å². The topological polar surface area (TPSA) is 176 Å². The van der Waals surface area contributed by atoms with Crippen LogP contribution in [-0.4, -0.2) is 103 Å². The van der Waals surface area contributed by atoms with Crippen molar-refractivity contribution in [3.8, 4) is 33.9 Å². The average Bonchev–Trinajstić information content (AvgIpc) is 3.12. The third-order valence-electron chi connectivity index (χ3n) is 7.67. The van der Waals surface area contributed by atoms with Crippen LogP contribution in [0.15, 0.2) is 66.7 Å². The van der Waals surface area contributed by atoms with Crippen molar-refractivity contribution < 1.29 is 38.1 Å². The van der Waals surface area contributed by atoms with Crippen molar-refractivity contribution in [2.24, 2.45) is 0 Å². The number of esters is 4. The molecule has 0 amide bonds. The first-order valence-corrected chi connectivity index (χ1v) is 15.5. The molecule has 3 heterocycles. The number of nitrogens with zero attached hydrogens (tertiary/aromatic N) is 5. The molecule has 50 heavy (non-hydrogen) atoms. The summed E-state index contributed by atoms with van der Waals surface area (Å²) in [6.45, 7) is 1.71. The molecule has 0 aliphatic carbocycles. The normalized spacial score (nSPS) is 10.9. The number of nitrogens with two attached hydrogens (primary N) is 1. The molecule has 4 rings (SSSR count). The van der Waals surface area contributed by atoms with Gasteiger partial charge < -0.3 is 24.7 Å². The zero-order valence-corrected chi connectivity index (χ0v) is 28.7. The van der Waals surface area contributed by atoms with E-state index in [-0.39, 0.29) is 39.3 Å². The number of aromatic nitrogens is 3. The van der Waals surface area contributed by atoms with E-state index in [0.717, 1.165) is 16.7 Å². The largest absolute Gasteiger partial charge is 0.468 e. The number of nitrogen functional groups attached to an aromatic ring is 1. The Morgan fingerprint density at radius 1 is 0.560 bits per heavy atom. The lowest BCUT2D eigenvalue weighted by atomic mass is 10.0. The van der Waals surface area contributed by atoms with E-state index in [2.05, 4.69) is 0 Å². The molecule has 2 N–H and O–H groups in total. The van der Waals surface area contributed by atoms with E-state index in [1.54, 1.807) is 21.9 Å². The van der Waals surface area contributed by atoms with E-state index in [1.165, 1.54) is 28.4 Å². The van der Waals surface area contributed by atoms with Crippen LogP contribution in [0.25, 0.3) is 33.9 Å².